The zero-order valence-electron chi connectivity index (χ0n) is 9.61. The lowest BCUT2D eigenvalue weighted by Crippen LogP contribution is -2.49. The normalized spacial score (nSPS) is 48.4. The van der Waals surface area contributed by atoms with Gasteiger partial charge in [-0.25, -0.2) is 0 Å². The Bertz CT molecular complexity index is 475. The SMILES string of the molecule is O=C(O)C1C2C(=O)N3CCCOC3[C@@]23C=C[C@@H]1O3. The van der Waals surface area contributed by atoms with Crippen molar-refractivity contribution in [2.24, 2.45) is 11.8 Å². The average Bonchev–Trinajstić information content (AvgIpc) is 2.99. The van der Waals surface area contributed by atoms with E-state index in [2.05, 4.69) is 0 Å². The maximum atomic E-state index is 12.4. The predicted molar refractivity (Wildman–Crippen MR) is 57.4 cm³/mol. The Kier molecular flexibility index (Phi) is 1.83. The number of amides is 1. The molecule has 0 radical (unpaired) electrons. The minimum atomic E-state index is -0.968. The highest BCUT2D eigenvalue weighted by Gasteiger charge is 2.72. The molecule has 18 heavy (non-hydrogen) atoms. The molecule has 5 atom stereocenters. The lowest BCUT2D eigenvalue weighted by atomic mass is 9.76. The summed E-state index contributed by atoms with van der Waals surface area (Å²) in [5, 5.41) is 9.30. The molecule has 0 aromatic carbocycles. The molecular weight excluding hydrogens is 238 g/mol. The van der Waals surface area contributed by atoms with Gasteiger partial charge in [0.15, 0.2) is 6.23 Å². The predicted octanol–water partition coefficient (Wildman–Crippen LogP) is -0.401. The van der Waals surface area contributed by atoms with Gasteiger partial charge in [0.05, 0.1) is 18.6 Å². The molecule has 6 heteroatoms. The quantitative estimate of drug-likeness (QED) is 0.642. The summed E-state index contributed by atoms with van der Waals surface area (Å²) in [6.07, 6.45) is 3.42. The van der Waals surface area contributed by atoms with Gasteiger partial charge in [0, 0.05) is 6.54 Å². The molecule has 2 bridgehead atoms. The van der Waals surface area contributed by atoms with E-state index >= 15 is 0 Å². The second kappa shape index (κ2) is 3.13. The molecule has 3 unspecified atom stereocenters. The van der Waals surface area contributed by atoms with Gasteiger partial charge in [-0.1, -0.05) is 6.08 Å². The van der Waals surface area contributed by atoms with E-state index in [0.29, 0.717) is 13.2 Å². The molecule has 4 aliphatic rings. The summed E-state index contributed by atoms with van der Waals surface area (Å²) in [5.74, 6) is -2.52. The van der Waals surface area contributed by atoms with Crippen molar-refractivity contribution in [1.82, 2.24) is 4.90 Å². The number of carboxylic acids is 1. The Morgan fingerprint density at radius 3 is 3.17 bits per heavy atom. The Balaban J connectivity index is 1.82. The zero-order valence-corrected chi connectivity index (χ0v) is 9.61. The second-order valence-corrected chi connectivity index (χ2v) is 5.25. The van der Waals surface area contributed by atoms with Crippen molar-refractivity contribution in [2.45, 2.75) is 24.4 Å². The van der Waals surface area contributed by atoms with E-state index in [1.54, 1.807) is 11.0 Å². The average molecular weight is 251 g/mol. The van der Waals surface area contributed by atoms with Crippen LogP contribution in [0.4, 0.5) is 0 Å². The first-order valence-corrected chi connectivity index (χ1v) is 6.17. The standard InChI is InChI=1S/C12H13NO5/c14-9-8-7(10(15)16)6-2-3-12(8,18-6)11-13(9)4-1-5-17-11/h2-3,6-8,11H,1,4-5H2,(H,15,16)/t6-,7?,8?,11?,12+/m0/s1. The van der Waals surface area contributed by atoms with E-state index in [1.807, 2.05) is 6.08 Å². The molecule has 1 N–H and O–H groups in total. The van der Waals surface area contributed by atoms with Crippen LogP contribution in [-0.4, -0.2) is 53.0 Å². The third-order valence-electron chi connectivity index (χ3n) is 4.41. The fraction of sp³-hybridized carbons (Fsp3) is 0.667. The van der Waals surface area contributed by atoms with Gasteiger partial charge in [-0.3, -0.25) is 9.59 Å². The summed E-state index contributed by atoms with van der Waals surface area (Å²) < 4.78 is 11.5. The third kappa shape index (κ3) is 0.976. The largest absolute Gasteiger partial charge is 0.481 e. The molecule has 0 aromatic heterocycles. The van der Waals surface area contributed by atoms with Crippen LogP contribution in [0.3, 0.4) is 0 Å². The first-order chi connectivity index (χ1) is 8.65. The molecule has 3 saturated heterocycles. The van der Waals surface area contributed by atoms with Gasteiger partial charge in [0.2, 0.25) is 5.91 Å². The number of carboxylic acid groups (broad SMARTS) is 1. The number of hydrogen-bond acceptors (Lipinski definition) is 4. The summed E-state index contributed by atoms with van der Waals surface area (Å²) >= 11 is 0. The van der Waals surface area contributed by atoms with Gasteiger partial charge < -0.3 is 19.5 Å². The highest BCUT2D eigenvalue weighted by molar-refractivity contribution is 5.91. The Hall–Kier alpha value is -1.40. The van der Waals surface area contributed by atoms with Crippen LogP contribution in [0.1, 0.15) is 6.42 Å². The summed E-state index contributed by atoms with van der Waals surface area (Å²) in [4.78, 5) is 25.4. The maximum Gasteiger partial charge on any atom is 0.310 e. The van der Waals surface area contributed by atoms with E-state index < -0.39 is 35.7 Å². The van der Waals surface area contributed by atoms with Crippen LogP contribution >= 0.6 is 0 Å². The molecule has 1 amide bonds. The fourth-order valence-corrected chi connectivity index (χ4v) is 3.74. The first-order valence-electron chi connectivity index (χ1n) is 6.17. The van der Waals surface area contributed by atoms with Gasteiger partial charge in [0.25, 0.3) is 0 Å². The minimum Gasteiger partial charge on any atom is -0.481 e. The number of hydrogen-bond donors (Lipinski definition) is 1. The molecule has 3 fully saturated rings. The zero-order chi connectivity index (χ0) is 12.5. The summed E-state index contributed by atoms with van der Waals surface area (Å²) in [7, 11) is 0. The molecule has 4 rings (SSSR count). The Morgan fingerprint density at radius 2 is 2.39 bits per heavy atom. The van der Waals surface area contributed by atoms with E-state index in [1.165, 1.54) is 0 Å². The molecule has 96 valence electrons. The van der Waals surface area contributed by atoms with Crippen molar-refractivity contribution in [1.29, 1.82) is 0 Å². The van der Waals surface area contributed by atoms with Crippen molar-refractivity contribution in [2.75, 3.05) is 13.2 Å². The van der Waals surface area contributed by atoms with Gasteiger partial charge in [-0.05, 0) is 12.5 Å². The molecule has 4 heterocycles. The molecule has 6 nitrogen and oxygen atoms in total. The van der Waals surface area contributed by atoms with Crippen LogP contribution < -0.4 is 0 Å². The van der Waals surface area contributed by atoms with Crippen molar-refractivity contribution in [3.8, 4) is 0 Å². The highest BCUT2D eigenvalue weighted by atomic mass is 16.6. The first kappa shape index (κ1) is 10.5. The number of fused-ring (bicyclic) bond motifs is 2. The van der Waals surface area contributed by atoms with E-state index in [9.17, 15) is 14.7 Å². The van der Waals surface area contributed by atoms with Crippen molar-refractivity contribution >= 4 is 11.9 Å². The van der Waals surface area contributed by atoms with Crippen molar-refractivity contribution in [3.05, 3.63) is 12.2 Å². The lowest BCUT2D eigenvalue weighted by molar-refractivity contribution is -0.168. The maximum absolute atomic E-state index is 12.4. The Morgan fingerprint density at radius 1 is 1.56 bits per heavy atom. The number of carbonyl (C=O) groups is 2. The third-order valence-corrected chi connectivity index (χ3v) is 4.41. The fourth-order valence-electron chi connectivity index (χ4n) is 3.74. The van der Waals surface area contributed by atoms with Crippen LogP contribution in [-0.2, 0) is 19.1 Å². The van der Waals surface area contributed by atoms with Crippen LogP contribution in [0.5, 0.6) is 0 Å². The van der Waals surface area contributed by atoms with Crippen LogP contribution in [0.2, 0.25) is 0 Å². The van der Waals surface area contributed by atoms with Crippen molar-refractivity contribution < 1.29 is 24.2 Å². The van der Waals surface area contributed by atoms with Crippen LogP contribution in [0.15, 0.2) is 12.2 Å². The summed E-state index contributed by atoms with van der Waals surface area (Å²) in [5.41, 5.74) is -0.870. The molecule has 0 saturated carbocycles. The van der Waals surface area contributed by atoms with Crippen molar-refractivity contribution in [3.63, 3.8) is 0 Å². The smallest absolute Gasteiger partial charge is 0.310 e. The molecule has 0 aliphatic carbocycles. The Labute approximate surface area is 103 Å². The van der Waals surface area contributed by atoms with E-state index in [0.717, 1.165) is 6.42 Å². The number of ether oxygens (including phenoxy) is 2. The molecule has 0 aromatic rings. The topological polar surface area (TPSA) is 76.1 Å². The number of carbonyl (C=O) groups excluding carboxylic acids is 1. The monoisotopic (exact) mass is 251 g/mol. The second-order valence-electron chi connectivity index (χ2n) is 5.25. The highest BCUT2D eigenvalue weighted by Crippen LogP contribution is 2.55. The number of nitrogens with zero attached hydrogens (tertiary/aromatic N) is 1. The summed E-state index contributed by atoms with van der Waals surface area (Å²) in [6, 6.07) is 0. The van der Waals surface area contributed by atoms with Gasteiger partial charge >= 0.3 is 5.97 Å². The van der Waals surface area contributed by atoms with Gasteiger partial charge in [-0.2, -0.15) is 0 Å². The van der Waals surface area contributed by atoms with Gasteiger partial charge in [0.1, 0.15) is 11.5 Å². The number of aliphatic carboxylic acids is 1. The molecular formula is C12H13NO5. The lowest BCUT2D eigenvalue weighted by Gasteiger charge is -2.36. The molecule has 1 spiro atoms. The van der Waals surface area contributed by atoms with Crippen LogP contribution in [0, 0.1) is 11.8 Å². The van der Waals surface area contributed by atoms with E-state index in [4.69, 9.17) is 9.47 Å². The van der Waals surface area contributed by atoms with Gasteiger partial charge in [-0.15, -0.1) is 0 Å². The number of rotatable bonds is 1. The van der Waals surface area contributed by atoms with E-state index in [-0.39, 0.29) is 5.91 Å². The van der Waals surface area contributed by atoms with Crippen LogP contribution in [0.25, 0.3) is 0 Å². The minimum absolute atomic E-state index is 0.140. The summed E-state index contributed by atoms with van der Waals surface area (Å²) in [6.45, 7) is 1.21. The molecule has 4 aliphatic heterocycles.